The average molecular weight is 973 g/mol. The van der Waals surface area contributed by atoms with Gasteiger partial charge in [-0.25, -0.2) is 0 Å². The molecule has 0 aromatic heterocycles. The molecule has 18 heteroatoms. The van der Waals surface area contributed by atoms with E-state index in [2.05, 4.69) is 18.4 Å². The van der Waals surface area contributed by atoms with Gasteiger partial charge in [0.1, 0.15) is 13.9 Å². The van der Waals surface area contributed by atoms with Crippen LogP contribution in [0.25, 0.3) is 6.08 Å². The van der Waals surface area contributed by atoms with E-state index in [1.54, 1.807) is 45.0 Å². The number of halogens is 1. The van der Waals surface area contributed by atoms with Gasteiger partial charge in [-0.3, -0.25) is 9.59 Å². The second kappa shape index (κ2) is 37.5. The van der Waals surface area contributed by atoms with E-state index in [-0.39, 0.29) is 94.1 Å². The van der Waals surface area contributed by atoms with E-state index >= 15 is 0 Å². The summed E-state index contributed by atoms with van der Waals surface area (Å²) in [5.74, 6) is 2.09. The van der Waals surface area contributed by atoms with Crippen LogP contribution >= 0.6 is 7.96 Å². The maximum Gasteiger partial charge on any atom is 1.00 e. The van der Waals surface area contributed by atoms with Crippen LogP contribution in [-0.4, -0.2) is 88.5 Å². The molecule has 6 rings (SSSR count). The van der Waals surface area contributed by atoms with Gasteiger partial charge >= 0.3 is 64.3 Å². The molecule has 0 amide bonds. The van der Waals surface area contributed by atoms with E-state index < -0.39 is 18.6 Å². The molecule has 0 saturated carbocycles. The SMILES string of the molecule is C1CCOC1.C=Cc1ccc2c(c1)OC(OCC)O2.CC(C)(C)[O-].CCOC(C)OCC.CCOC1Oc2ccc(C=O)cc2O1.O=Cc1ccc(O)c(O)c1.[3H]P=S.[Br-].[K+]. The van der Waals surface area contributed by atoms with Crippen molar-refractivity contribution in [1.29, 1.82) is 1.28 Å². The third-order valence-corrected chi connectivity index (χ3v) is 6.57. The molecular formula is C42H60BrKO14PS-. The Morgan fingerprint density at radius 2 is 1.17 bits per heavy atom. The number of benzene rings is 3. The number of carbonyl (C=O) groups is 2. The number of carbonyl (C=O) groups excluding carboxylic acids is 2. The van der Waals surface area contributed by atoms with Crippen molar-refractivity contribution in [2.75, 3.05) is 39.6 Å². The fourth-order valence-electron chi connectivity index (χ4n) is 4.14. The number of phenols is 2. The smallest absolute Gasteiger partial charge is 1.00 e. The van der Waals surface area contributed by atoms with E-state index in [1.165, 1.54) is 31.0 Å². The van der Waals surface area contributed by atoms with Crippen LogP contribution in [0, 0.1) is 0 Å². The third-order valence-electron chi connectivity index (χ3n) is 6.57. The summed E-state index contributed by atoms with van der Waals surface area (Å²) in [4.78, 5) is 20.6. The van der Waals surface area contributed by atoms with Crippen molar-refractivity contribution >= 4 is 38.4 Å². The first-order chi connectivity index (χ1) is 28.1. The predicted molar refractivity (Wildman–Crippen MR) is 225 cm³/mol. The van der Waals surface area contributed by atoms with Gasteiger partial charge in [0.15, 0.2) is 40.8 Å². The van der Waals surface area contributed by atoms with Crippen LogP contribution in [0.1, 0.15) is 94.5 Å². The molecule has 3 heterocycles. The summed E-state index contributed by atoms with van der Waals surface area (Å²) in [6, 6.07) is 14.5. The van der Waals surface area contributed by atoms with Crippen molar-refractivity contribution in [2.24, 2.45) is 0 Å². The molecule has 3 aliphatic rings. The molecule has 2 atom stereocenters. The maximum atomic E-state index is 10.5. The first-order valence-corrected chi connectivity index (χ1v) is 20.1. The van der Waals surface area contributed by atoms with E-state index in [9.17, 15) is 14.7 Å². The van der Waals surface area contributed by atoms with Crippen molar-refractivity contribution in [2.45, 2.75) is 93.1 Å². The molecule has 0 aliphatic carbocycles. The van der Waals surface area contributed by atoms with E-state index in [0.29, 0.717) is 53.6 Å². The number of aldehydes is 2. The summed E-state index contributed by atoms with van der Waals surface area (Å²) in [6.07, 6.45) is 5.64. The van der Waals surface area contributed by atoms with Gasteiger partial charge in [0, 0.05) is 37.6 Å². The number of ether oxygens (including phenoxy) is 9. The van der Waals surface area contributed by atoms with Crippen molar-refractivity contribution in [3.05, 3.63) is 77.9 Å². The Kier molecular flexibility index (Phi) is 37.5. The van der Waals surface area contributed by atoms with Gasteiger partial charge < -0.3 is 74.9 Å². The fourth-order valence-corrected chi connectivity index (χ4v) is 4.14. The Balaban J connectivity index is -0.000000674. The van der Waals surface area contributed by atoms with Crippen LogP contribution in [0.5, 0.6) is 34.5 Å². The van der Waals surface area contributed by atoms with Crippen molar-refractivity contribution in [1.82, 2.24) is 0 Å². The predicted octanol–water partition coefficient (Wildman–Crippen LogP) is 1.87. The van der Waals surface area contributed by atoms with Gasteiger partial charge in [-0.1, -0.05) is 51.3 Å². The molecule has 60 heavy (non-hydrogen) atoms. The maximum absolute atomic E-state index is 10.5. The molecule has 3 aromatic rings. The van der Waals surface area contributed by atoms with Crippen LogP contribution < -0.4 is 92.4 Å². The van der Waals surface area contributed by atoms with Crippen LogP contribution in [0.15, 0.2) is 61.2 Å². The largest absolute Gasteiger partial charge is 1.00 e. The summed E-state index contributed by atoms with van der Waals surface area (Å²) in [7, 11) is 0.250. The number of aromatic hydroxyl groups is 2. The van der Waals surface area contributed by atoms with E-state index in [0.717, 1.165) is 38.3 Å². The van der Waals surface area contributed by atoms with Crippen LogP contribution in [0.2, 0.25) is 0 Å². The number of hydrogen-bond donors (Lipinski definition) is 2. The zero-order valence-corrected chi connectivity index (χ0v) is 42.5. The Labute approximate surface area is 416 Å². The minimum absolute atomic E-state index is 0. The Morgan fingerprint density at radius 1 is 0.783 bits per heavy atom. The topological polar surface area (TPSA) is 181 Å². The van der Waals surface area contributed by atoms with Gasteiger partial charge in [-0.2, -0.15) is 0 Å². The molecule has 0 spiro atoms. The van der Waals surface area contributed by atoms with Crippen LogP contribution in [0.4, 0.5) is 0 Å². The van der Waals surface area contributed by atoms with E-state index in [1.807, 2.05) is 52.8 Å². The molecule has 1 saturated heterocycles. The first kappa shape index (κ1) is 60.0. The quantitative estimate of drug-likeness (QED) is 0.0935. The average Bonchev–Trinajstić information content (AvgIpc) is 3.99. The molecule has 1 fully saturated rings. The zero-order chi connectivity index (χ0) is 44.6. The summed E-state index contributed by atoms with van der Waals surface area (Å²) in [5.41, 5.74) is 1.16. The van der Waals surface area contributed by atoms with Gasteiger partial charge in [-0.05, 0) is 110 Å². The van der Waals surface area contributed by atoms with Gasteiger partial charge in [0.2, 0.25) is 0 Å². The molecule has 2 N–H and O–H groups in total. The number of rotatable bonds is 11. The second-order valence-electron chi connectivity index (χ2n) is 12.5. The molecule has 2 unspecified atom stereocenters. The van der Waals surface area contributed by atoms with Gasteiger partial charge in [-0.15, -0.1) is 5.60 Å². The summed E-state index contributed by atoms with van der Waals surface area (Å²) >= 11 is 4.03. The summed E-state index contributed by atoms with van der Waals surface area (Å²) in [5, 5.41) is 27.7. The molecule has 3 aromatic carbocycles. The first-order valence-electron chi connectivity index (χ1n) is 19.1. The second-order valence-corrected chi connectivity index (χ2v) is 12.5. The summed E-state index contributed by atoms with van der Waals surface area (Å²) in [6.45, 7) is 21.4. The van der Waals surface area contributed by atoms with Gasteiger partial charge in [0.25, 0.3) is 0 Å². The Bertz CT molecular complexity index is 1550. The minimum Gasteiger partial charge on any atom is -1.00 e. The van der Waals surface area contributed by atoms with E-state index in [4.69, 9.17) is 54.1 Å². The molecule has 14 nitrogen and oxygen atoms in total. The van der Waals surface area contributed by atoms with Gasteiger partial charge in [0.05, 0.1) is 13.2 Å². The van der Waals surface area contributed by atoms with Crippen molar-refractivity contribution < 1.29 is 136 Å². The minimum atomic E-state index is -0.750. The van der Waals surface area contributed by atoms with Crippen molar-refractivity contribution in [3.8, 4) is 34.5 Å². The molecule has 332 valence electrons. The molecule has 3 aliphatic heterocycles. The standard InChI is InChI=1S/C11H12O3.C10H10O4.C7H6O3.C6H14O2.C4H8O.C4H9O.BrH.K.HPS/c1-3-8-5-6-9-10(7-8)14-11(13-9)12-4-2;1-2-12-10-13-8-4-3-7(6-11)5-9(8)14-10;8-4-5-1-2-6(9)7(10)3-5;1-4-7-6(3)8-5-2;1-2-4-5-3-1;1-4(2,3)5;;;1-2/h3,5-7,11H,1,4H2,2H3;3-6,10H,2H2,1H3;1-4,9-10H;6H,4-5H2,1-3H3;1-4H2;1-3H3;1H;;1H/q;;;;;-1;;+1;/p-1/i;;;;;;;;1T. The third kappa shape index (κ3) is 29.3. The number of hydrogen-bond acceptors (Lipinski definition) is 15. The molecule has 0 bridgehead atoms. The molecule has 0 radical (unpaired) electrons. The Morgan fingerprint density at radius 3 is 1.52 bits per heavy atom. The normalized spacial score (nSPS) is 14.8. The summed E-state index contributed by atoms with van der Waals surface area (Å²) < 4.78 is 52.7. The monoisotopic (exact) mass is 971 g/mol. The van der Waals surface area contributed by atoms with Crippen molar-refractivity contribution in [3.63, 3.8) is 0 Å². The fraction of sp³-hybridized carbons (Fsp3) is 0.476. The van der Waals surface area contributed by atoms with Crippen LogP contribution in [-0.2, 0) is 35.5 Å². The Hall–Kier alpha value is -2.06. The number of phenolic OH excluding ortho intramolecular Hbond substituents is 2. The number of fused-ring (bicyclic) bond motifs is 2. The molecular weight excluding hydrogens is 910 g/mol. The van der Waals surface area contributed by atoms with Crippen LogP contribution in [0.3, 0.4) is 0 Å². The zero-order valence-electron chi connectivity index (χ0n) is 37.1.